The van der Waals surface area contributed by atoms with Gasteiger partial charge in [0.1, 0.15) is 0 Å². The molecule has 1 aromatic carbocycles. The van der Waals surface area contributed by atoms with E-state index in [0.717, 1.165) is 12.8 Å². The molecular formula is C14H19Cl2N3O4. The number of rotatable bonds is 8. The van der Waals surface area contributed by atoms with E-state index < -0.39 is 4.92 Å². The Bertz CT molecular complexity index is 567. The van der Waals surface area contributed by atoms with Crippen LogP contribution in [0.4, 0.5) is 5.69 Å². The molecule has 0 bridgehead atoms. The highest BCUT2D eigenvalue weighted by atomic mass is 35.5. The number of nitrogens with zero attached hydrogens (tertiary/aromatic N) is 1. The monoisotopic (exact) mass is 363 g/mol. The van der Waals surface area contributed by atoms with E-state index in [1.807, 2.05) is 0 Å². The van der Waals surface area contributed by atoms with Crippen molar-refractivity contribution in [3.05, 3.63) is 33.3 Å². The molecule has 0 heterocycles. The van der Waals surface area contributed by atoms with Crippen molar-refractivity contribution in [2.45, 2.75) is 25.3 Å². The van der Waals surface area contributed by atoms with E-state index in [4.69, 9.17) is 22.1 Å². The highest BCUT2D eigenvalue weighted by Crippen LogP contribution is 2.32. The van der Waals surface area contributed by atoms with Crippen molar-refractivity contribution in [2.75, 3.05) is 13.2 Å². The van der Waals surface area contributed by atoms with Gasteiger partial charge < -0.3 is 15.8 Å². The molecule has 7 nitrogen and oxygen atoms in total. The van der Waals surface area contributed by atoms with E-state index >= 15 is 0 Å². The van der Waals surface area contributed by atoms with Crippen molar-refractivity contribution in [3.63, 3.8) is 0 Å². The highest BCUT2D eigenvalue weighted by molar-refractivity contribution is 6.30. The van der Waals surface area contributed by atoms with Crippen LogP contribution >= 0.6 is 24.0 Å². The van der Waals surface area contributed by atoms with Crippen molar-refractivity contribution in [1.82, 2.24) is 5.32 Å². The topological polar surface area (TPSA) is 107 Å². The summed E-state index contributed by atoms with van der Waals surface area (Å²) in [6.45, 7) is 0.468. The van der Waals surface area contributed by atoms with Crippen LogP contribution in [0.3, 0.4) is 0 Å². The number of nitro benzene ring substituents is 1. The third kappa shape index (κ3) is 5.85. The van der Waals surface area contributed by atoms with Gasteiger partial charge >= 0.3 is 5.69 Å². The van der Waals surface area contributed by atoms with Gasteiger partial charge in [-0.25, -0.2) is 0 Å². The first-order valence-corrected chi connectivity index (χ1v) is 7.45. The number of benzene rings is 1. The predicted molar refractivity (Wildman–Crippen MR) is 89.2 cm³/mol. The van der Waals surface area contributed by atoms with Crippen LogP contribution in [-0.4, -0.2) is 30.0 Å². The van der Waals surface area contributed by atoms with E-state index in [1.54, 1.807) is 0 Å². The molecule has 0 aliphatic heterocycles. The third-order valence-electron chi connectivity index (χ3n) is 3.50. The largest absolute Gasteiger partial charge is 0.486 e. The van der Waals surface area contributed by atoms with Gasteiger partial charge in [-0.2, -0.15) is 0 Å². The Kier molecular flexibility index (Phi) is 7.54. The van der Waals surface area contributed by atoms with Gasteiger partial charge in [-0.05, 0) is 30.9 Å². The molecule has 2 rings (SSSR count). The van der Waals surface area contributed by atoms with Gasteiger partial charge in [0.15, 0.2) is 5.75 Å². The summed E-state index contributed by atoms with van der Waals surface area (Å²) < 4.78 is 5.32. The zero-order chi connectivity index (χ0) is 16.1. The second kappa shape index (κ2) is 8.90. The molecule has 3 N–H and O–H groups in total. The molecule has 0 saturated heterocycles. The van der Waals surface area contributed by atoms with Crippen molar-refractivity contribution in [3.8, 4) is 5.75 Å². The van der Waals surface area contributed by atoms with Crippen molar-refractivity contribution in [1.29, 1.82) is 0 Å². The van der Waals surface area contributed by atoms with E-state index in [2.05, 4.69) is 5.32 Å². The number of amides is 1. The Morgan fingerprint density at radius 3 is 2.78 bits per heavy atom. The molecule has 1 aliphatic rings. The van der Waals surface area contributed by atoms with Crippen molar-refractivity contribution in [2.24, 2.45) is 11.7 Å². The molecular weight excluding hydrogens is 345 g/mol. The lowest BCUT2D eigenvalue weighted by Gasteiger charge is -2.16. The summed E-state index contributed by atoms with van der Waals surface area (Å²) in [5.41, 5.74) is 5.40. The van der Waals surface area contributed by atoms with Crippen LogP contribution in [0.5, 0.6) is 5.75 Å². The lowest BCUT2D eigenvalue weighted by atomic mass is 10.2. The van der Waals surface area contributed by atoms with E-state index in [1.165, 1.54) is 18.2 Å². The van der Waals surface area contributed by atoms with Gasteiger partial charge in [-0.3, -0.25) is 14.9 Å². The number of nitro groups is 1. The van der Waals surface area contributed by atoms with Gasteiger partial charge in [0.25, 0.3) is 0 Å². The number of hydrogen-bond acceptors (Lipinski definition) is 5. The molecule has 0 radical (unpaired) electrons. The van der Waals surface area contributed by atoms with Crippen molar-refractivity contribution < 1.29 is 14.5 Å². The fraction of sp³-hybridized carbons (Fsp3) is 0.500. The smallest absolute Gasteiger partial charge is 0.312 e. The Labute approximate surface area is 145 Å². The maximum absolute atomic E-state index is 11.8. The van der Waals surface area contributed by atoms with E-state index in [9.17, 15) is 14.9 Å². The summed E-state index contributed by atoms with van der Waals surface area (Å²) in [7, 11) is 0. The standard InChI is InChI=1S/C14H18ClN3O4.ClH/c15-10-3-4-13(12(7-10)18(20)21)22-6-5-14(19)17-11(8-16)9-1-2-9;/h3-4,7,9,11H,1-2,5-6,8,16H2,(H,17,19);1H. The number of carbonyl (C=O) groups is 1. The first kappa shape index (κ1) is 19.5. The first-order chi connectivity index (χ1) is 10.5. The SMILES string of the molecule is Cl.NCC(NC(=O)CCOc1ccc(Cl)cc1[N+](=O)[O-])C1CC1. The van der Waals surface area contributed by atoms with E-state index in [0.29, 0.717) is 12.5 Å². The molecule has 23 heavy (non-hydrogen) atoms. The molecule has 1 unspecified atom stereocenters. The van der Waals surface area contributed by atoms with Crippen LogP contribution < -0.4 is 15.8 Å². The Morgan fingerprint density at radius 1 is 1.52 bits per heavy atom. The minimum atomic E-state index is -0.571. The number of hydrogen-bond donors (Lipinski definition) is 2. The minimum absolute atomic E-state index is 0. The predicted octanol–water partition coefficient (Wildman–Crippen LogP) is 2.29. The zero-order valence-electron chi connectivity index (χ0n) is 12.4. The molecule has 1 fully saturated rings. The quantitative estimate of drug-likeness (QED) is 0.544. The summed E-state index contributed by atoms with van der Waals surface area (Å²) in [5, 5.41) is 14.0. The van der Waals surface area contributed by atoms with E-state index in [-0.39, 0.29) is 53.8 Å². The lowest BCUT2D eigenvalue weighted by molar-refractivity contribution is -0.385. The summed E-state index contributed by atoms with van der Waals surface area (Å²) >= 11 is 5.72. The average Bonchev–Trinajstić information content (AvgIpc) is 3.30. The molecule has 1 aromatic rings. The fourth-order valence-electron chi connectivity index (χ4n) is 2.16. The maximum Gasteiger partial charge on any atom is 0.312 e. The molecule has 1 amide bonds. The van der Waals surface area contributed by atoms with Crippen LogP contribution in [0.2, 0.25) is 5.02 Å². The number of nitrogens with one attached hydrogen (secondary N) is 1. The lowest BCUT2D eigenvalue weighted by Crippen LogP contribution is -2.42. The van der Waals surface area contributed by atoms with Crippen molar-refractivity contribution >= 4 is 35.6 Å². The summed E-state index contributed by atoms with van der Waals surface area (Å²) in [4.78, 5) is 22.1. The van der Waals surface area contributed by atoms with Gasteiger partial charge in [0.05, 0.1) is 18.0 Å². The van der Waals surface area contributed by atoms with Gasteiger partial charge in [0, 0.05) is 23.7 Å². The summed E-state index contributed by atoms with van der Waals surface area (Å²) in [6.07, 6.45) is 2.30. The Morgan fingerprint density at radius 2 is 2.22 bits per heavy atom. The van der Waals surface area contributed by atoms with Gasteiger partial charge in [-0.1, -0.05) is 11.6 Å². The highest BCUT2D eigenvalue weighted by Gasteiger charge is 2.31. The maximum atomic E-state index is 11.8. The second-order valence-corrected chi connectivity index (χ2v) is 5.65. The number of ether oxygens (including phenoxy) is 1. The molecule has 1 saturated carbocycles. The minimum Gasteiger partial charge on any atom is -0.486 e. The molecule has 0 spiro atoms. The fourth-order valence-corrected chi connectivity index (χ4v) is 2.32. The average molecular weight is 364 g/mol. The molecule has 1 atom stereocenters. The number of nitrogens with two attached hydrogens (primary N) is 1. The van der Waals surface area contributed by atoms with Crippen LogP contribution in [-0.2, 0) is 4.79 Å². The molecule has 0 aromatic heterocycles. The summed E-state index contributed by atoms with van der Waals surface area (Å²) in [6, 6.07) is 4.15. The number of halogens is 2. The first-order valence-electron chi connectivity index (χ1n) is 7.07. The van der Waals surface area contributed by atoms with Crippen LogP contribution in [0, 0.1) is 16.0 Å². The normalized spacial score (nSPS) is 14.5. The van der Waals surface area contributed by atoms with Gasteiger partial charge in [0.2, 0.25) is 5.91 Å². The van der Waals surface area contributed by atoms with Crippen LogP contribution in [0.15, 0.2) is 18.2 Å². The second-order valence-electron chi connectivity index (χ2n) is 5.21. The Balaban J connectivity index is 0.00000264. The van der Waals surface area contributed by atoms with Gasteiger partial charge in [-0.15, -0.1) is 12.4 Å². The summed E-state index contributed by atoms with van der Waals surface area (Å²) in [5.74, 6) is 0.408. The molecule has 1 aliphatic carbocycles. The Hall–Kier alpha value is -1.57. The third-order valence-corrected chi connectivity index (χ3v) is 3.73. The zero-order valence-corrected chi connectivity index (χ0v) is 13.9. The molecule has 9 heteroatoms. The number of carbonyl (C=O) groups excluding carboxylic acids is 1. The van der Waals surface area contributed by atoms with Crippen LogP contribution in [0.25, 0.3) is 0 Å². The van der Waals surface area contributed by atoms with Crippen LogP contribution in [0.1, 0.15) is 19.3 Å². The molecule has 128 valence electrons.